The van der Waals surface area contributed by atoms with Gasteiger partial charge in [-0.15, -0.1) is 10.2 Å². The lowest BCUT2D eigenvalue weighted by atomic mass is 10.1. The molecule has 3 heterocycles. The molecule has 1 fully saturated rings. The van der Waals surface area contributed by atoms with Gasteiger partial charge >= 0.3 is 0 Å². The first-order valence-corrected chi connectivity index (χ1v) is 11.5. The third-order valence-corrected chi connectivity index (χ3v) is 6.50. The Labute approximate surface area is 194 Å². The van der Waals surface area contributed by atoms with Gasteiger partial charge in [0.1, 0.15) is 10.8 Å². The average Bonchev–Trinajstić information content (AvgIpc) is 3.59. The zero-order chi connectivity index (χ0) is 22.8. The van der Waals surface area contributed by atoms with E-state index >= 15 is 0 Å². The molecule has 2 amide bonds. The molecule has 0 unspecified atom stereocenters. The van der Waals surface area contributed by atoms with Crippen LogP contribution in [0.2, 0.25) is 0 Å². The number of ether oxygens (including phenoxy) is 3. The Morgan fingerprint density at radius 1 is 1.15 bits per heavy atom. The van der Waals surface area contributed by atoms with Crippen molar-refractivity contribution in [3.8, 4) is 17.2 Å². The normalized spacial score (nSPS) is 16.6. The molecular weight excluding hydrogens is 444 g/mol. The van der Waals surface area contributed by atoms with Gasteiger partial charge in [-0.25, -0.2) is 0 Å². The second-order valence-corrected chi connectivity index (χ2v) is 8.59. The van der Waals surface area contributed by atoms with E-state index in [4.69, 9.17) is 14.2 Å². The van der Waals surface area contributed by atoms with Crippen LogP contribution in [0.25, 0.3) is 0 Å². The summed E-state index contributed by atoms with van der Waals surface area (Å²) in [5, 5.41) is 12.0. The number of fused-ring (bicyclic) bond motifs is 1. The van der Waals surface area contributed by atoms with Gasteiger partial charge in [0.05, 0.1) is 12.6 Å². The highest BCUT2D eigenvalue weighted by Gasteiger charge is 2.33. The van der Waals surface area contributed by atoms with Crippen LogP contribution in [0.15, 0.2) is 42.5 Å². The molecule has 2 aliphatic heterocycles. The van der Waals surface area contributed by atoms with Crippen LogP contribution in [0.4, 0.5) is 5.69 Å². The molecule has 0 bridgehead atoms. The summed E-state index contributed by atoms with van der Waals surface area (Å²) in [5.41, 5.74) is 1.17. The number of nitrogens with one attached hydrogen (secondary N) is 1. The van der Waals surface area contributed by atoms with E-state index in [1.807, 2.05) is 6.92 Å². The Morgan fingerprint density at radius 2 is 1.97 bits per heavy atom. The maximum atomic E-state index is 13.1. The van der Waals surface area contributed by atoms with Crippen LogP contribution in [0.5, 0.6) is 17.2 Å². The average molecular weight is 467 g/mol. The lowest BCUT2D eigenvalue weighted by Gasteiger charge is -2.22. The first kappa shape index (κ1) is 21.2. The number of hydrogen-bond donors (Lipinski definition) is 1. The van der Waals surface area contributed by atoms with Crippen molar-refractivity contribution in [3.63, 3.8) is 0 Å². The maximum absolute atomic E-state index is 13.1. The summed E-state index contributed by atoms with van der Waals surface area (Å²) in [6.07, 6.45) is 1.65. The Hall–Kier alpha value is -3.66. The van der Waals surface area contributed by atoms with Gasteiger partial charge in [-0.05, 0) is 56.2 Å². The Balaban J connectivity index is 1.28. The summed E-state index contributed by atoms with van der Waals surface area (Å²) in [6, 6.07) is 12.1. The van der Waals surface area contributed by atoms with E-state index in [0.717, 1.165) is 18.6 Å². The van der Waals surface area contributed by atoms with E-state index in [1.54, 1.807) is 47.4 Å². The Morgan fingerprint density at radius 3 is 2.79 bits per heavy atom. The van der Waals surface area contributed by atoms with Crippen LogP contribution in [-0.2, 0) is 0 Å². The largest absolute Gasteiger partial charge is 0.494 e. The van der Waals surface area contributed by atoms with Crippen molar-refractivity contribution < 1.29 is 23.8 Å². The minimum absolute atomic E-state index is 0.0675. The minimum Gasteiger partial charge on any atom is -0.494 e. The summed E-state index contributed by atoms with van der Waals surface area (Å²) in [5.74, 6) is 1.53. The summed E-state index contributed by atoms with van der Waals surface area (Å²) in [4.78, 5) is 27.6. The fraction of sp³-hybridized carbons (Fsp3) is 0.304. The van der Waals surface area contributed by atoms with Crippen LogP contribution in [0, 0.1) is 0 Å². The molecule has 0 radical (unpaired) electrons. The van der Waals surface area contributed by atoms with E-state index in [-0.39, 0.29) is 29.7 Å². The molecule has 0 spiro atoms. The lowest BCUT2D eigenvalue weighted by molar-refractivity contribution is 0.0735. The van der Waals surface area contributed by atoms with E-state index in [0.29, 0.717) is 40.9 Å². The summed E-state index contributed by atoms with van der Waals surface area (Å²) in [7, 11) is 0. The molecule has 0 aliphatic carbocycles. The van der Waals surface area contributed by atoms with Gasteiger partial charge in [-0.1, -0.05) is 11.3 Å². The zero-order valence-electron chi connectivity index (χ0n) is 17.9. The predicted octanol–water partition coefficient (Wildman–Crippen LogP) is 3.90. The van der Waals surface area contributed by atoms with E-state index in [2.05, 4.69) is 15.5 Å². The SMILES string of the molecule is CCOc1ccc(C(=O)N2CCC[C@@H]2c2nnc(C(=O)Nc3ccc4c(c3)OCO4)s2)cc1. The maximum Gasteiger partial charge on any atom is 0.286 e. The quantitative estimate of drug-likeness (QED) is 0.588. The number of likely N-dealkylation sites (tertiary alicyclic amines) is 1. The van der Waals surface area contributed by atoms with Crippen LogP contribution >= 0.6 is 11.3 Å². The molecule has 10 heteroatoms. The van der Waals surface area contributed by atoms with Crippen molar-refractivity contribution in [1.82, 2.24) is 15.1 Å². The number of amides is 2. The molecule has 1 N–H and O–H groups in total. The first-order chi connectivity index (χ1) is 16.1. The third kappa shape index (κ3) is 4.34. The second kappa shape index (κ2) is 9.07. The molecule has 1 aromatic heterocycles. The van der Waals surface area contributed by atoms with Crippen molar-refractivity contribution in [2.75, 3.05) is 25.3 Å². The van der Waals surface area contributed by atoms with Crippen molar-refractivity contribution in [2.24, 2.45) is 0 Å². The van der Waals surface area contributed by atoms with Gasteiger partial charge in [0.25, 0.3) is 11.8 Å². The molecule has 2 aliphatic rings. The minimum atomic E-state index is -0.361. The molecule has 1 saturated heterocycles. The second-order valence-electron chi connectivity index (χ2n) is 7.58. The molecule has 3 aromatic rings. The van der Waals surface area contributed by atoms with Crippen molar-refractivity contribution in [3.05, 3.63) is 58.0 Å². The zero-order valence-corrected chi connectivity index (χ0v) is 18.8. The molecule has 33 heavy (non-hydrogen) atoms. The predicted molar refractivity (Wildman–Crippen MR) is 121 cm³/mol. The van der Waals surface area contributed by atoms with Gasteiger partial charge < -0.3 is 24.4 Å². The molecule has 2 aromatic carbocycles. The molecule has 5 rings (SSSR count). The molecule has 0 saturated carbocycles. The van der Waals surface area contributed by atoms with Crippen LogP contribution in [0.1, 0.15) is 51.0 Å². The number of carbonyl (C=O) groups excluding carboxylic acids is 2. The first-order valence-electron chi connectivity index (χ1n) is 10.7. The highest BCUT2D eigenvalue weighted by molar-refractivity contribution is 7.13. The standard InChI is InChI=1S/C23H22N4O5S/c1-2-30-16-8-5-14(6-9-16)23(29)27-11-3-4-17(27)21-25-26-22(33-21)20(28)24-15-7-10-18-19(12-15)32-13-31-18/h5-10,12,17H,2-4,11,13H2,1H3,(H,24,28)/t17-/m1/s1. The van der Waals surface area contributed by atoms with Gasteiger partial charge in [-0.2, -0.15) is 0 Å². The number of anilines is 1. The van der Waals surface area contributed by atoms with Crippen molar-refractivity contribution in [2.45, 2.75) is 25.8 Å². The van der Waals surface area contributed by atoms with Crippen LogP contribution in [-0.4, -0.2) is 46.9 Å². The molecular formula is C23H22N4O5S. The monoisotopic (exact) mass is 466 g/mol. The molecule has 9 nitrogen and oxygen atoms in total. The summed E-state index contributed by atoms with van der Waals surface area (Å²) in [6.45, 7) is 3.29. The number of carbonyl (C=O) groups is 2. The highest BCUT2D eigenvalue weighted by Crippen LogP contribution is 2.36. The smallest absolute Gasteiger partial charge is 0.286 e. The van der Waals surface area contributed by atoms with E-state index in [9.17, 15) is 9.59 Å². The number of hydrogen-bond acceptors (Lipinski definition) is 8. The number of rotatable bonds is 6. The van der Waals surface area contributed by atoms with Crippen molar-refractivity contribution >= 4 is 28.8 Å². The lowest BCUT2D eigenvalue weighted by Crippen LogP contribution is -2.30. The van der Waals surface area contributed by atoms with Gasteiger partial charge in [0, 0.05) is 23.9 Å². The summed E-state index contributed by atoms with van der Waals surface area (Å²) >= 11 is 1.20. The van der Waals surface area contributed by atoms with Gasteiger partial charge in [0.15, 0.2) is 11.5 Å². The Bertz CT molecular complexity index is 1180. The van der Waals surface area contributed by atoms with E-state index in [1.165, 1.54) is 11.3 Å². The van der Waals surface area contributed by atoms with Crippen LogP contribution < -0.4 is 19.5 Å². The Kier molecular flexibility index (Phi) is 5.82. The number of nitrogens with zero attached hydrogens (tertiary/aromatic N) is 3. The fourth-order valence-corrected chi connectivity index (χ4v) is 4.80. The molecule has 170 valence electrons. The van der Waals surface area contributed by atoms with E-state index < -0.39 is 0 Å². The van der Waals surface area contributed by atoms with Gasteiger partial charge in [0.2, 0.25) is 11.8 Å². The third-order valence-electron chi connectivity index (χ3n) is 5.48. The highest BCUT2D eigenvalue weighted by atomic mass is 32.1. The molecule has 1 atom stereocenters. The topological polar surface area (TPSA) is 103 Å². The summed E-state index contributed by atoms with van der Waals surface area (Å²) < 4.78 is 16.1. The van der Waals surface area contributed by atoms with Crippen LogP contribution in [0.3, 0.4) is 0 Å². The fourth-order valence-electron chi connectivity index (χ4n) is 3.91. The number of benzene rings is 2. The van der Waals surface area contributed by atoms with Crippen molar-refractivity contribution in [1.29, 1.82) is 0 Å². The van der Waals surface area contributed by atoms with Gasteiger partial charge in [-0.3, -0.25) is 9.59 Å². The number of aromatic nitrogens is 2.